The van der Waals surface area contributed by atoms with E-state index in [4.69, 9.17) is 45.3 Å². The number of fused-ring (bicyclic) bond motifs is 1. The SMILES string of the molecule is COc1cc2c(cc1N)CN(C(=O)c1c(Sc3c(Cl)cccc3Cl)cc(C(F)(F)Cl)[nH]c1=O)C2. The van der Waals surface area contributed by atoms with Crippen molar-refractivity contribution in [2.75, 3.05) is 12.8 Å². The number of rotatable bonds is 5. The van der Waals surface area contributed by atoms with Crippen molar-refractivity contribution in [1.82, 2.24) is 9.88 Å². The smallest absolute Gasteiger partial charge is 0.362 e. The first-order chi connectivity index (χ1) is 16.0. The number of aromatic nitrogens is 1. The molecule has 6 nitrogen and oxygen atoms in total. The summed E-state index contributed by atoms with van der Waals surface area (Å²) in [6.07, 6.45) is 0. The predicted octanol–water partition coefficient (Wildman–Crippen LogP) is 5.87. The maximum atomic E-state index is 13.8. The number of H-pyrrole nitrogens is 1. The monoisotopic (exact) mass is 545 g/mol. The summed E-state index contributed by atoms with van der Waals surface area (Å²) in [6, 6.07) is 9.09. The molecule has 1 aromatic heterocycles. The van der Waals surface area contributed by atoms with E-state index >= 15 is 0 Å². The van der Waals surface area contributed by atoms with Crippen LogP contribution < -0.4 is 16.0 Å². The van der Waals surface area contributed by atoms with Crippen molar-refractivity contribution in [2.24, 2.45) is 0 Å². The van der Waals surface area contributed by atoms with Crippen LogP contribution in [0.15, 0.2) is 51.0 Å². The molecule has 1 amide bonds. The van der Waals surface area contributed by atoms with E-state index in [-0.39, 0.29) is 33.6 Å². The highest BCUT2D eigenvalue weighted by Gasteiger charge is 2.34. The van der Waals surface area contributed by atoms with Gasteiger partial charge in [0.2, 0.25) is 0 Å². The lowest BCUT2D eigenvalue weighted by atomic mass is 10.1. The van der Waals surface area contributed by atoms with Gasteiger partial charge in [-0.3, -0.25) is 9.59 Å². The number of anilines is 1. The normalized spacial score (nSPS) is 13.2. The molecule has 0 bridgehead atoms. The molecule has 3 aromatic rings. The van der Waals surface area contributed by atoms with E-state index < -0.39 is 22.5 Å². The van der Waals surface area contributed by atoms with Crippen LogP contribution in [-0.4, -0.2) is 22.9 Å². The van der Waals surface area contributed by atoms with Gasteiger partial charge >= 0.3 is 5.38 Å². The molecule has 1 aliphatic rings. The summed E-state index contributed by atoms with van der Waals surface area (Å²) in [5.41, 5.74) is 5.75. The number of amides is 1. The van der Waals surface area contributed by atoms with E-state index in [1.54, 1.807) is 30.3 Å². The molecule has 0 saturated heterocycles. The summed E-state index contributed by atoms with van der Waals surface area (Å²) in [4.78, 5) is 30.0. The van der Waals surface area contributed by atoms with Gasteiger partial charge in [-0.25, -0.2) is 0 Å². The molecule has 12 heteroatoms. The number of carbonyl (C=O) groups is 1. The van der Waals surface area contributed by atoms with Crippen molar-refractivity contribution in [3.63, 3.8) is 0 Å². The Hall–Kier alpha value is -2.46. The Morgan fingerprint density at radius 3 is 2.38 bits per heavy atom. The van der Waals surface area contributed by atoms with Crippen LogP contribution in [0.1, 0.15) is 27.2 Å². The summed E-state index contributed by atoms with van der Waals surface area (Å²) < 4.78 is 32.9. The number of aromatic amines is 1. The molecule has 2 heterocycles. The van der Waals surface area contributed by atoms with Crippen LogP contribution in [0.25, 0.3) is 0 Å². The van der Waals surface area contributed by atoms with Gasteiger partial charge in [0.1, 0.15) is 17.0 Å². The summed E-state index contributed by atoms with van der Waals surface area (Å²) >= 11 is 18.4. The van der Waals surface area contributed by atoms with Gasteiger partial charge in [-0.2, -0.15) is 8.78 Å². The minimum atomic E-state index is -3.86. The number of nitrogens with one attached hydrogen (secondary N) is 1. The van der Waals surface area contributed by atoms with E-state index in [0.717, 1.165) is 29.0 Å². The highest BCUT2D eigenvalue weighted by molar-refractivity contribution is 7.99. The van der Waals surface area contributed by atoms with Crippen LogP contribution in [0.2, 0.25) is 10.0 Å². The third kappa shape index (κ3) is 4.70. The minimum absolute atomic E-state index is 0.0628. The summed E-state index contributed by atoms with van der Waals surface area (Å²) in [7, 11) is 1.48. The number of carbonyl (C=O) groups excluding carboxylic acids is 1. The number of nitrogens with two attached hydrogens (primary N) is 1. The molecule has 3 N–H and O–H groups in total. The zero-order chi connectivity index (χ0) is 24.8. The number of nitrogen functional groups attached to an aromatic ring is 1. The number of nitrogens with zero attached hydrogens (tertiary/aromatic N) is 1. The van der Waals surface area contributed by atoms with Gasteiger partial charge in [0.05, 0.1) is 22.8 Å². The molecule has 0 spiro atoms. The third-order valence-corrected chi connectivity index (χ3v) is 7.45. The van der Waals surface area contributed by atoms with Crippen molar-refractivity contribution in [1.29, 1.82) is 0 Å². The van der Waals surface area contributed by atoms with Crippen LogP contribution in [0, 0.1) is 0 Å². The number of hydrogen-bond donors (Lipinski definition) is 2. The molecule has 2 aromatic carbocycles. The van der Waals surface area contributed by atoms with Gasteiger partial charge in [0.15, 0.2) is 0 Å². The van der Waals surface area contributed by atoms with Crippen LogP contribution in [-0.2, 0) is 18.5 Å². The first-order valence-corrected chi connectivity index (χ1v) is 11.7. The Morgan fingerprint density at radius 2 is 1.79 bits per heavy atom. The van der Waals surface area contributed by atoms with Gasteiger partial charge in [-0.1, -0.05) is 41.0 Å². The Balaban J connectivity index is 1.78. The Labute approximate surface area is 211 Å². The fourth-order valence-electron chi connectivity index (χ4n) is 3.59. The van der Waals surface area contributed by atoms with E-state index in [9.17, 15) is 18.4 Å². The van der Waals surface area contributed by atoms with E-state index in [1.807, 2.05) is 4.98 Å². The summed E-state index contributed by atoms with van der Waals surface area (Å²) in [6.45, 7) is 0.348. The minimum Gasteiger partial charge on any atom is -0.495 e. The maximum absolute atomic E-state index is 13.8. The Bertz CT molecular complexity index is 1340. The molecular formula is C22H16Cl3F2N3O3S. The summed E-state index contributed by atoms with van der Waals surface area (Å²) in [5, 5.41) is -3.41. The van der Waals surface area contributed by atoms with Gasteiger partial charge in [0, 0.05) is 22.9 Å². The maximum Gasteiger partial charge on any atom is 0.362 e. The van der Waals surface area contributed by atoms with Crippen molar-refractivity contribution >= 4 is 58.2 Å². The van der Waals surface area contributed by atoms with E-state index in [2.05, 4.69) is 0 Å². The topological polar surface area (TPSA) is 88.4 Å². The summed E-state index contributed by atoms with van der Waals surface area (Å²) in [5.74, 6) is -0.200. The average molecular weight is 547 g/mol. The molecule has 34 heavy (non-hydrogen) atoms. The van der Waals surface area contributed by atoms with Crippen molar-refractivity contribution in [2.45, 2.75) is 28.3 Å². The first-order valence-electron chi connectivity index (χ1n) is 9.70. The number of alkyl halides is 3. The molecular weight excluding hydrogens is 531 g/mol. The van der Waals surface area contributed by atoms with Gasteiger partial charge in [-0.05, 0) is 53.1 Å². The van der Waals surface area contributed by atoms with Crippen molar-refractivity contribution in [3.8, 4) is 5.75 Å². The zero-order valence-electron chi connectivity index (χ0n) is 17.4. The number of benzene rings is 2. The van der Waals surface area contributed by atoms with E-state index in [0.29, 0.717) is 16.3 Å². The van der Waals surface area contributed by atoms with Gasteiger partial charge in [-0.15, -0.1) is 0 Å². The highest BCUT2D eigenvalue weighted by Crippen LogP contribution is 2.42. The Kier molecular flexibility index (Phi) is 6.74. The molecule has 0 fully saturated rings. The molecule has 0 unspecified atom stereocenters. The first kappa shape index (κ1) is 24.7. The third-order valence-electron chi connectivity index (χ3n) is 5.21. The zero-order valence-corrected chi connectivity index (χ0v) is 20.5. The van der Waals surface area contributed by atoms with Gasteiger partial charge in [0.25, 0.3) is 11.5 Å². The molecule has 4 rings (SSSR count). The number of methoxy groups -OCH3 is 1. The quantitative estimate of drug-likeness (QED) is 0.309. The van der Waals surface area contributed by atoms with Crippen LogP contribution in [0.5, 0.6) is 5.75 Å². The number of hydrogen-bond acceptors (Lipinski definition) is 5. The van der Waals surface area contributed by atoms with E-state index in [1.165, 1.54) is 12.0 Å². The number of pyridine rings is 1. The standard InChI is InChI=1S/C22H16Cl3F2N3O3S/c1-33-15-6-11-9-30(8-10(11)5-14(15)28)21(32)18-16(7-17(22(25,26)27)29-20(18)31)34-19-12(23)3-2-4-13(19)24/h2-7H,8-9,28H2,1H3,(H,29,31). The van der Waals surface area contributed by atoms with Crippen LogP contribution >= 0.6 is 46.6 Å². The van der Waals surface area contributed by atoms with Crippen LogP contribution in [0.3, 0.4) is 0 Å². The predicted molar refractivity (Wildman–Crippen MR) is 128 cm³/mol. The number of ether oxygens (including phenoxy) is 1. The molecule has 178 valence electrons. The second kappa shape index (κ2) is 9.30. The van der Waals surface area contributed by atoms with Gasteiger partial charge < -0.3 is 20.4 Å². The lowest BCUT2D eigenvalue weighted by Crippen LogP contribution is -2.32. The highest BCUT2D eigenvalue weighted by atomic mass is 35.5. The molecule has 0 atom stereocenters. The number of halogens is 5. The second-order valence-corrected chi connectivity index (χ2v) is 9.77. The molecule has 0 aliphatic carbocycles. The Morgan fingerprint density at radius 1 is 1.18 bits per heavy atom. The van der Waals surface area contributed by atoms with Crippen molar-refractivity contribution < 1.29 is 18.3 Å². The fourth-order valence-corrected chi connectivity index (χ4v) is 5.33. The molecule has 0 saturated carbocycles. The fraction of sp³-hybridized carbons (Fsp3) is 0.182. The van der Waals surface area contributed by atoms with Crippen LogP contribution in [0.4, 0.5) is 14.5 Å². The largest absolute Gasteiger partial charge is 0.495 e. The van der Waals surface area contributed by atoms with Crippen molar-refractivity contribution in [3.05, 3.63) is 79.2 Å². The second-order valence-electron chi connectivity index (χ2n) is 7.43. The average Bonchev–Trinajstić information content (AvgIpc) is 3.17. The molecule has 0 radical (unpaired) electrons. The lowest BCUT2D eigenvalue weighted by Gasteiger charge is -2.19. The molecule has 1 aliphatic heterocycles. The lowest BCUT2D eigenvalue weighted by molar-refractivity contribution is 0.0740.